The van der Waals surface area contributed by atoms with Crippen molar-refractivity contribution in [1.82, 2.24) is 9.62 Å². The number of aryl methyl sites for hydroxylation is 1. The Morgan fingerprint density at radius 1 is 1.00 bits per heavy atom. The second-order valence-electron chi connectivity index (χ2n) is 11.5. The normalized spacial score (nSPS) is 33.4. The highest BCUT2D eigenvalue weighted by atomic mass is 32.2. The predicted octanol–water partition coefficient (Wildman–Crippen LogP) is 3.97. The Morgan fingerprint density at radius 2 is 1.65 bits per heavy atom. The summed E-state index contributed by atoms with van der Waals surface area (Å²) in [5, 5.41) is 6.29. The molecular weight excluding hydrogens is 450 g/mol. The van der Waals surface area contributed by atoms with Gasteiger partial charge in [-0.25, -0.2) is 8.42 Å². The van der Waals surface area contributed by atoms with Gasteiger partial charge in [0.1, 0.15) is 0 Å². The van der Waals surface area contributed by atoms with E-state index in [0.29, 0.717) is 42.6 Å². The van der Waals surface area contributed by atoms with Gasteiger partial charge in [0.2, 0.25) is 21.8 Å². The summed E-state index contributed by atoms with van der Waals surface area (Å²) in [6, 6.07) is 5.23. The Morgan fingerprint density at radius 3 is 2.26 bits per heavy atom. The van der Waals surface area contributed by atoms with Crippen molar-refractivity contribution >= 4 is 27.5 Å². The molecule has 5 aliphatic rings. The van der Waals surface area contributed by atoms with Gasteiger partial charge < -0.3 is 10.6 Å². The number of rotatable bonds is 5. The Balaban J connectivity index is 1.39. The molecule has 1 aliphatic heterocycles. The van der Waals surface area contributed by atoms with E-state index in [0.717, 1.165) is 57.8 Å². The highest BCUT2D eigenvalue weighted by molar-refractivity contribution is 7.89. The van der Waals surface area contributed by atoms with Gasteiger partial charge in [0.05, 0.1) is 10.3 Å². The first-order valence-corrected chi connectivity index (χ1v) is 14.3. The second kappa shape index (κ2) is 8.63. The first-order valence-electron chi connectivity index (χ1n) is 12.8. The summed E-state index contributed by atoms with van der Waals surface area (Å²) in [7, 11) is -3.61. The number of hydrogen-bond acceptors (Lipinski definition) is 4. The summed E-state index contributed by atoms with van der Waals surface area (Å²) in [5.74, 6) is 0.851. The Labute approximate surface area is 203 Å². The van der Waals surface area contributed by atoms with Gasteiger partial charge in [0.25, 0.3) is 0 Å². The molecule has 0 radical (unpaired) electrons. The van der Waals surface area contributed by atoms with Crippen molar-refractivity contribution in [2.24, 2.45) is 17.3 Å². The predicted molar refractivity (Wildman–Crippen MR) is 131 cm³/mol. The smallest absolute Gasteiger partial charge is 0.243 e. The van der Waals surface area contributed by atoms with Crippen molar-refractivity contribution in [1.29, 1.82) is 0 Å². The fraction of sp³-hybridized carbons (Fsp3) is 0.692. The fourth-order valence-corrected chi connectivity index (χ4v) is 9.46. The number of hydrogen-bond donors (Lipinski definition) is 2. The summed E-state index contributed by atoms with van der Waals surface area (Å²) < 4.78 is 28.5. The third-order valence-corrected chi connectivity index (χ3v) is 10.7. The highest BCUT2D eigenvalue weighted by Gasteiger charge is 2.60. The van der Waals surface area contributed by atoms with E-state index in [-0.39, 0.29) is 22.2 Å². The number of sulfonamides is 1. The maximum Gasteiger partial charge on any atom is 0.243 e. The molecule has 4 bridgehead atoms. The number of nitrogens with one attached hydrogen (secondary N) is 2. The highest BCUT2D eigenvalue weighted by Crippen LogP contribution is 2.62. The molecule has 1 aromatic carbocycles. The molecule has 0 aromatic heterocycles. The van der Waals surface area contributed by atoms with Crippen molar-refractivity contribution in [2.75, 3.05) is 18.4 Å². The van der Waals surface area contributed by atoms with Crippen LogP contribution in [0.3, 0.4) is 0 Å². The standard InChI is InChI=1S/C26H37N3O4S/c1-18-7-8-22(12-23(18)34(32,33)29-9-5-3-4-6-10-29)27-24(31)25-13-20-11-21(14-25)16-26(15-20,17-25)28-19(2)30/h7-8,12,20-21H,3-6,9-11,13-17H2,1-2H3,(H,27,31)(H,28,30)/t20-,21+,25?,26?. The molecule has 2 N–H and O–H groups in total. The molecule has 1 heterocycles. The van der Waals surface area contributed by atoms with E-state index in [1.54, 1.807) is 29.4 Å². The van der Waals surface area contributed by atoms with Crippen molar-refractivity contribution < 1.29 is 18.0 Å². The minimum Gasteiger partial charge on any atom is -0.351 e. The largest absolute Gasteiger partial charge is 0.351 e. The fourth-order valence-electron chi connectivity index (χ4n) is 7.69. The van der Waals surface area contributed by atoms with E-state index in [1.165, 1.54) is 0 Å². The molecule has 1 saturated heterocycles. The molecule has 34 heavy (non-hydrogen) atoms. The number of nitrogens with zero attached hydrogens (tertiary/aromatic N) is 1. The van der Waals surface area contributed by atoms with Crippen LogP contribution in [0.25, 0.3) is 0 Å². The number of benzene rings is 1. The zero-order valence-electron chi connectivity index (χ0n) is 20.4. The zero-order valence-corrected chi connectivity index (χ0v) is 21.2. The van der Waals surface area contributed by atoms with Crippen LogP contribution in [-0.4, -0.2) is 43.2 Å². The minimum absolute atomic E-state index is 0.0283. The van der Waals surface area contributed by atoms with E-state index in [9.17, 15) is 18.0 Å². The van der Waals surface area contributed by atoms with E-state index >= 15 is 0 Å². The summed E-state index contributed by atoms with van der Waals surface area (Å²) in [6.07, 6.45) is 9.31. The van der Waals surface area contributed by atoms with E-state index < -0.39 is 15.4 Å². The molecule has 2 unspecified atom stereocenters. The molecule has 4 aliphatic carbocycles. The van der Waals surface area contributed by atoms with Crippen LogP contribution in [-0.2, 0) is 19.6 Å². The summed E-state index contributed by atoms with van der Waals surface area (Å²) in [4.78, 5) is 25.9. The first-order chi connectivity index (χ1) is 16.1. The van der Waals surface area contributed by atoms with Crippen LogP contribution in [0, 0.1) is 24.2 Å². The third-order valence-electron chi connectivity index (χ3n) is 8.61. The summed E-state index contributed by atoms with van der Waals surface area (Å²) >= 11 is 0. The molecule has 1 aromatic rings. The van der Waals surface area contributed by atoms with Gasteiger partial charge in [-0.3, -0.25) is 9.59 Å². The van der Waals surface area contributed by atoms with E-state index in [4.69, 9.17) is 0 Å². The monoisotopic (exact) mass is 487 g/mol. The zero-order chi connectivity index (χ0) is 24.1. The van der Waals surface area contributed by atoms with Gasteiger partial charge in [-0.15, -0.1) is 0 Å². The van der Waals surface area contributed by atoms with Gasteiger partial charge >= 0.3 is 0 Å². The molecule has 4 saturated carbocycles. The number of amides is 2. The molecular formula is C26H37N3O4S. The molecule has 2 amide bonds. The van der Waals surface area contributed by atoms with Crippen molar-refractivity contribution in [3.63, 3.8) is 0 Å². The van der Waals surface area contributed by atoms with Crippen LogP contribution in [0.2, 0.25) is 0 Å². The lowest BCUT2D eigenvalue weighted by atomic mass is 9.46. The van der Waals surface area contributed by atoms with Crippen LogP contribution in [0.15, 0.2) is 23.1 Å². The second-order valence-corrected chi connectivity index (χ2v) is 13.4. The lowest BCUT2D eigenvalue weighted by Gasteiger charge is -2.61. The van der Waals surface area contributed by atoms with Crippen molar-refractivity contribution in [3.8, 4) is 0 Å². The van der Waals surface area contributed by atoms with Crippen LogP contribution in [0.4, 0.5) is 5.69 Å². The maximum atomic E-state index is 13.7. The van der Waals surface area contributed by atoms with Gasteiger partial charge in [-0.05, 0) is 87.8 Å². The SMILES string of the molecule is CC(=O)NC12C[C@H]3C[C@@H](C1)CC(C(=O)Nc1ccc(C)c(S(=O)(=O)N4CCCCCC4)c1)(C3)C2. The summed E-state index contributed by atoms with van der Waals surface area (Å²) in [6.45, 7) is 4.47. The average Bonchev–Trinajstić information content (AvgIpc) is 3.03. The molecule has 0 spiro atoms. The minimum atomic E-state index is -3.61. The van der Waals surface area contributed by atoms with E-state index in [1.807, 2.05) is 6.92 Å². The van der Waals surface area contributed by atoms with E-state index in [2.05, 4.69) is 10.6 Å². The van der Waals surface area contributed by atoms with Crippen LogP contribution in [0.1, 0.15) is 76.7 Å². The maximum absolute atomic E-state index is 13.7. The molecule has 5 fully saturated rings. The van der Waals surface area contributed by atoms with Gasteiger partial charge in [-0.2, -0.15) is 4.31 Å². The molecule has 7 nitrogen and oxygen atoms in total. The van der Waals surface area contributed by atoms with Crippen LogP contribution < -0.4 is 10.6 Å². The number of carbonyl (C=O) groups is 2. The quantitative estimate of drug-likeness (QED) is 0.657. The van der Waals surface area contributed by atoms with Gasteiger partial charge in [-0.1, -0.05) is 18.9 Å². The molecule has 6 rings (SSSR count). The number of carbonyl (C=O) groups excluding carboxylic acids is 2. The van der Waals surface area contributed by atoms with Crippen molar-refractivity contribution in [3.05, 3.63) is 23.8 Å². The molecule has 8 heteroatoms. The van der Waals surface area contributed by atoms with Gasteiger partial charge in [0.15, 0.2) is 0 Å². The third kappa shape index (κ3) is 4.28. The Bertz CT molecular complexity index is 1080. The Hall–Kier alpha value is -1.93. The lowest BCUT2D eigenvalue weighted by Crippen LogP contribution is -2.65. The molecule has 4 atom stereocenters. The first kappa shape index (κ1) is 23.8. The lowest BCUT2D eigenvalue weighted by molar-refractivity contribution is -0.148. The average molecular weight is 488 g/mol. The van der Waals surface area contributed by atoms with Crippen LogP contribution >= 0.6 is 0 Å². The van der Waals surface area contributed by atoms with Gasteiger partial charge in [0, 0.05) is 31.2 Å². The molecule has 186 valence electrons. The van der Waals surface area contributed by atoms with Crippen LogP contribution in [0.5, 0.6) is 0 Å². The topological polar surface area (TPSA) is 95.6 Å². The Kier molecular flexibility index (Phi) is 6.04. The van der Waals surface area contributed by atoms with Crippen molar-refractivity contribution in [2.45, 2.75) is 88.5 Å². The number of anilines is 1. The summed E-state index contributed by atoms with van der Waals surface area (Å²) in [5.41, 5.74) is 0.457.